The average Bonchev–Trinajstić information content (AvgIpc) is 2.21. The largest absolute Gasteiger partial charge is 0.391 e. The zero-order chi connectivity index (χ0) is 11.8. The van der Waals surface area contributed by atoms with Gasteiger partial charge in [0.2, 0.25) is 11.8 Å². The Morgan fingerprint density at radius 2 is 2.07 bits per heavy atom. The van der Waals surface area contributed by atoms with E-state index in [1.165, 1.54) is 14.0 Å². The number of likely N-dealkylation sites (N-methyl/N-ethyl adjacent to an activating group) is 1. The summed E-state index contributed by atoms with van der Waals surface area (Å²) in [6.45, 7) is 1.87. The van der Waals surface area contributed by atoms with Crippen LogP contribution in [0.2, 0.25) is 0 Å². The van der Waals surface area contributed by atoms with E-state index in [-0.39, 0.29) is 12.3 Å². The predicted molar refractivity (Wildman–Crippen MR) is 56.0 cm³/mol. The van der Waals surface area contributed by atoms with Gasteiger partial charge >= 0.3 is 0 Å². The van der Waals surface area contributed by atoms with Crippen molar-refractivity contribution < 1.29 is 14.7 Å². The van der Waals surface area contributed by atoms with E-state index in [9.17, 15) is 14.7 Å². The molecule has 0 aromatic rings. The van der Waals surface area contributed by atoms with Gasteiger partial charge in [-0.3, -0.25) is 9.59 Å². The number of carbonyl (C=O) groups is 2. The Morgan fingerprint density at radius 3 is 2.47 bits per heavy atom. The molecule has 0 aromatic carbocycles. The molecule has 0 aliphatic carbocycles. The molecule has 0 saturated carbocycles. The summed E-state index contributed by atoms with van der Waals surface area (Å²) in [5.41, 5.74) is 5.24. The Morgan fingerprint density at radius 1 is 1.47 bits per heavy atom. The first kappa shape index (κ1) is 13.9. The van der Waals surface area contributed by atoms with Crippen molar-refractivity contribution in [3.05, 3.63) is 0 Å². The highest BCUT2D eigenvalue weighted by Crippen LogP contribution is 1.95. The van der Waals surface area contributed by atoms with Gasteiger partial charge in [-0.15, -0.1) is 0 Å². The minimum atomic E-state index is -0.924. The molecule has 0 aromatic heterocycles. The van der Waals surface area contributed by atoms with Crippen LogP contribution in [0.4, 0.5) is 0 Å². The second kappa shape index (κ2) is 7.19. The highest BCUT2D eigenvalue weighted by atomic mass is 16.3. The summed E-state index contributed by atoms with van der Waals surface area (Å²) in [7, 11) is 1.45. The lowest BCUT2D eigenvalue weighted by atomic mass is 10.1. The molecule has 6 nitrogen and oxygen atoms in total. The molecule has 0 aliphatic rings. The van der Waals surface area contributed by atoms with Crippen molar-refractivity contribution in [1.82, 2.24) is 10.6 Å². The van der Waals surface area contributed by atoms with E-state index >= 15 is 0 Å². The SMILES string of the molecule is CNC(=O)C(NC(=O)CCCN)C(C)O. The molecule has 2 atom stereocenters. The van der Waals surface area contributed by atoms with Crippen molar-refractivity contribution in [2.45, 2.75) is 31.9 Å². The Hall–Kier alpha value is -1.14. The lowest BCUT2D eigenvalue weighted by Crippen LogP contribution is -2.51. The maximum atomic E-state index is 11.3. The molecule has 88 valence electrons. The van der Waals surface area contributed by atoms with E-state index in [4.69, 9.17) is 5.73 Å². The molecule has 0 saturated heterocycles. The van der Waals surface area contributed by atoms with Gasteiger partial charge in [0.1, 0.15) is 6.04 Å². The van der Waals surface area contributed by atoms with E-state index in [1.807, 2.05) is 0 Å². The predicted octanol–water partition coefficient (Wildman–Crippen LogP) is -1.66. The Bertz CT molecular complexity index is 219. The third-order valence-electron chi connectivity index (χ3n) is 1.94. The van der Waals surface area contributed by atoms with Crippen molar-refractivity contribution in [2.24, 2.45) is 5.73 Å². The quantitative estimate of drug-likeness (QED) is 0.427. The van der Waals surface area contributed by atoms with E-state index in [0.29, 0.717) is 13.0 Å². The summed E-state index contributed by atoms with van der Waals surface area (Å²) in [5, 5.41) is 14.1. The van der Waals surface area contributed by atoms with Gasteiger partial charge in [0.25, 0.3) is 0 Å². The van der Waals surface area contributed by atoms with Crippen LogP contribution < -0.4 is 16.4 Å². The lowest BCUT2D eigenvalue weighted by molar-refractivity contribution is -0.131. The molecule has 0 radical (unpaired) electrons. The van der Waals surface area contributed by atoms with Crippen LogP contribution in [0, 0.1) is 0 Å². The fourth-order valence-electron chi connectivity index (χ4n) is 1.07. The topological polar surface area (TPSA) is 104 Å². The van der Waals surface area contributed by atoms with Crippen LogP contribution in [0.15, 0.2) is 0 Å². The third-order valence-corrected chi connectivity index (χ3v) is 1.94. The molecule has 0 aliphatic heterocycles. The summed E-state index contributed by atoms with van der Waals surface area (Å²) >= 11 is 0. The Labute approximate surface area is 89.2 Å². The first-order chi connectivity index (χ1) is 7.02. The molecule has 0 heterocycles. The Kier molecular flexibility index (Phi) is 6.64. The van der Waals surface area contributed by atoms with Crippen molar-refractivity contribution in [3.8, 4) is 0 Å². The number of aliphatic hydroxyl groups is 1. The van der Waals surface area contributed by atoms with Crippen LogP contribution in [0.3, 0.4) is 0 Å². The molecule has 6 heteroatoms. The Balaban J connectivity index is 4.17. The monoisotopic (exact) mass is 217 g/mol. The summed E-state index contributed by atoms with van der Waals surface area (Å²) in [6, 6.07) is -0.903. The molecular formula is C9H19N3O3. The van der Waals surface area contributed by atoms with Crippen molar-refractivity contribution in [1.29, 1.82) is 0 Å². The number of carbonyl (C=O) groups excluding carboxylic acids is 2. The maximum Gasteiger partial charge on any atom is 0.245 e. The molecule has 0 fully saturated rings. The van der Waals surface area contributed by atoms with Crippen molar-refractivity contribution in [3.63, 3.8) is 0 Å². The summed E-state index contributed by atoms with van der Waals surface area (Å²) in [5.74, 6) is -0.693. The molecule has 2 amide bonds. The first-order valence-electron chi connectivity index (χ1n) is 4.92. The minimum absolute atomic E-state index is 0.261. The number of nitrogens with two attached hydrogens (primary N) is 1. The highest BCUT2D eigenvalue weighted by Gasteiger charge is 2.23. The van der Waals surface area contributed by atoms with Crippen LogP contribution in [0.5, 0.6) is 0 Å². The van der Waals surface area contributed by atoms with E-state index in [0.717, 1.165) is 0 Å². The van der Waals surface area contributed by atoms with Gasteiger partial charge < -0.3 is 21.5 Å². The smallest absolute Gasteiger partial charge is 0.245 e. The van der Waals surface area contributed by atoms with E-state index in [1.54, 1.807) is 0 Å². The second-order valence-electron chi connectivity index (χ2n) is 3.29. The van der Waals surface area contributed by atoms with Gasteiger partial charge in [0.05, 0.1) is 6.10 Å². The number of hydrogen-bond acceptors (Lipinski definition) is 4. The number of aliphatic hydroxyl groups excluding tert-OH is 1. The fraction of sp³-hybridized carbons (Fsp3) is 0.778. The normalized spacial score (nSPS) is 14.1. The lowest BCUT2D eigenvalue weighted by Gasteiger charge is -2.19. The zero-order valence-electron chi connectivity index (χ0n) is 9.12. The van der Waals surface area contributed by atoms with E-state index in [2.05, 4.69) is 10.6 Å². The minimum Gasteiger partial charge on any atom is -0.391 e. The van der Waals surface area contributed by atoms with Gasteiger partial charge in [-0.25, -0.2) is 0 Å². The first-order valence-corrected chi connectivity index (χ1v) is 4.92. The fourth-order valence-corrected chi connectivity index (χ4v) is 1.07. The van der Waals surface area contributed by atoms with Crippen molar-refractivity contribution >= 4 is 11.8 Å². The highest BCUT2D eigenvalue weighted by molar-refractivity contribution is 5.87. The zero-order valence-corrected chi connectivity index (χ0v) is 9.12. The number of hydrogen-bond donors (Lipinski definition) is 4. The standard InChI is InChI=1S/C9H19N3O3/c1-6(13)8(9(15)11-2)12-7(14)4-3-5-10/h6,8,13H,3-5,10H2,1-2H3,(H,11,15)(H,12,14). The molecule has 0 rings (SSSR count). The third kappa shape index (κ3) is 5.34. The molecular weight excluding hydrogens is 198 g/mol. The number of amides is 2. The maximum absolute atomic E-state index is 11.3. The van der Waals surface area contributed by atoms with Gasteiger partial charge in [0, 0.05) is 13.5 Å². The molecule has 0 spiro atoms. The van der Waals surface area contributed by atoms with Crippen LogP contribution in [-0.4, -0.2) is 42.7 Å². The van der Waals surface area contributed by atoms with E-state index < -0.39 is 18.1 Å². The second-order valence-corrected chi connectivity index (χ2v) is 3.29. The van der Waals surface area contributed by atoms with Gasteiger partial charge in [-0.1, -0.05) is 0 Å². The van der Waals surface area contributed by atoms with Crippen LogP contribution >= 0.6 is 0 Å². The average molecular weight is 217 g/mol. The van der Waals surface area contributed by atoms with Crippen molar-refractivity contribution in [2.75, 3.05) is 13.6 Å². The number of nitrogens with one attached hydrogen (secondary N) is 2. The molecule has 5 N–H and O–H groups in total. The summed E-state index contributed by atoms with van der Waals surface area (Å²) < 4.78 is 0. The molecule has 0 bridgehead atoms. The number of rotatable bonds is 6. The molecule has 2 unspecified atom stereocenters. The van der Waals surface area contributed by atoms with Gasteiger partial charge in [0.15, 0.2) is 0 Å². The van der Waals surface area contributed by atoms with Crippen LogP contribution in [0.25, 0.3) is 0 Å². The van der Waals surface area contributed by atoms with Crippen LogP contribution in [-0.2, 0) is 9.59 Å². The van der Waals surface area contributed by atoms with Gasteiger partial charge in [-0.05, 0) is 19.9 Å². The summed E-state index contributed by atoms with van der Waals surface area (Å²) in [6.07, 6.45) is -0.102. The van der Waals surface area contributed by atoms with Gasteiger partial charge in [-0.2, -0.15) is 0 Å². The summed E-state index contributed by atoms with van der Waals surface area (Å²) in [4.78, 5) is 22.5. The van der Waals surface area contributed by atoms with Crippen LogP contribution in [0.1, 0.15) is 19.8 Å². The molecule has 15 heavy (non-hydrogen) atoms.